The number of hydrogen-bond acceptors (Lipinski definition) is 4. The van der Waals surface area contributed by atoms with E-state index in [1.807, 2.05) is 24.3 Å². The van der Waals surface area contributed by atoms with Crippen LogP contribution in [0.3, 0.4) is 0 Å². The standard InChI is InChI=1S/C14H17N3OS/c1-17-8-6-10(7-9-17)15-13(18)14-16-11-4-2-3-5-12(11)19-14/h2-5,10H,6-9H2,1H3,(H,15,18). The highest BCUT2D eigenvalue weighted by atomic mass is 32.1. The molecule has 1 aromatic heterocycles. The van der Waals surface area contributed by atoms with Gasteiger partial charge < -0.3 is 10.2 Å². The summed E-state index contributed by atoms with van der Waals surface area (Å²) >= 11 is 1.46. The smallest absolute Gasteiger partial charge is 0.280 e. The molecule has 100 valence electrons. The number of nitrogens with one attached hydrogen (secondary N) is 1. The average molecular weight is 275 g/mol. The van der Waals surface area contributed by atoms with Crippen molar-refractivity contribution in [3.63, 3.8) is 0 Å². The Balaban J connectivity index is 1.70. The van der Waals surface area contributed by atoms with Crippen LogP contribution in [0.5, 0.6) is 0 Å². The fourth-order valence-electron chi connectivity index (χ4n) is 2.37. The molecule has 1 aliphatic heterocycles. The molecule has 1 saturated heterocycles. The Bertz CT molecular complexity index is 554. The van der Waals surface area contributed by atoms with Crippen LogP contribution in [0.15, 0.2) is 24.3 Å². The topological polar surface area (TPSA) is 45.2 Å². The third kappa shape index (κ3) is 2.77. The summed E-state index contributed by atoms with van der Waals surface area (Å²) in [5.74, 6) is -0.0317. The first-order valence-electron chi connectivity index (χ1n) is 6.57. The van der Waals surface area contributed by atoms with E-state index in [9.17, 15) is 4.79 Å². The van der Waals surface area contributed by atoms with Gasteiger partial charge >= 0.3 is 0 Å². The largest absolute Gasteiger partial charge is 0.347 e. The Hall–Kier alpha value is -1.46. The highest BCUT2D eigenvalue weighted by Gasteiger charge is 2.20. The van der Waals surface area contributed by atoms with Crippen LogP contribution in [0.4, 0.5) is 0 Å². The lowest BCUT2D eigenvalue weighted by Crippen LogP contribution is -2.43. The van der Waals surface area contributed by atoms with E-state index in [0.29, 0.717) is 5.01 Å². The third-order valence-electron chi connectivity index (χ3n) is 3.54. The number of amides is 1. The summed E-state index contributed by atoms with van der Waals surface area (Å²) in [4.78, 5) is 18.9. The van der Waals surface area contributed by atoms with Crippen molar-refractivity contribution in [3.05, 3.63) is 29.3 Å². The molecule has 1 aromatic carbocycles. The van der Waals surface area contributed by atoms with Crippen molar-refractivity contribution in [1.29, 1.82) is 0 Å². The van der Waals surface area contributed by atoms with Gasteiger partial charge in [0.25, 0.3) is 5.91 Å². The monoisotopic (exact) mass is 275 g/mol. The first-order chi connectivity index (χ1) is 9.22. The molecule has 4 nitrogen and oxygen atoms in total. The molecule has 0 bridgehead atoms. The second-order valence-corrected chi connectivity index (χ2v) is 6.07. The maximum absolute atomic E-state index is 12.2. The van der Waals surface area contributed by atoms with Crippen molar-refractivity contribution in [3.8, 4) is 0 Å². The number of thiazole rings is 1. The minimum absolute atomic E-state index is 0.0317. The first kappa shape index (κ1) is 12.6. The van der Waals surface area contributed by atoms with Crippen molar-refractivity contribution in [2.45, 2.75) is 18.9 Å². The summed E-state index contributed by atoms with van der Waals surface area (Å²) in [5.41, 5.74) is 0.904. The number of rotatable bonds is 2. The zero-order valence-electron chi connectivity index (χ0n) is 10.9. The van der Waals surface area contributed by atoms with E-state index in [1.165, 1.54) is 11.3 Å². The molecule has 5 heteroatoms. The molecule has 1 amide bonds. The summed E-state index contributed by atoms with van der Waals surface area (Å²) in [5, 5.41) is 3.67. The van der Waals surface area contributed by atoms with E-state index in [-0.39, 0.29) is 11.9 Å². The van der Waals surface area contributed by atoms with Gasteiger partial charge in [0.1, 0.15) is 0 Å². The van der Waals surface area contributed by atoms with Crippen LogP contribution in [0.25, 0.3) is 10.2 Å². The lowest BCUT2D eigenvalue weighted by atomic mass is 10.1. The molecule has 0 aliphatic carbocycles. The van der Waals surface area contributed by atoms with Crippen molar-refractivity contribution in [2.24, 2.45) is 0 Å². The van der Waals surface area contributed by atoms with E-state index < -0.39 is 0 Å². The average Bonchev–Trinajstić information content (AvgIpc) is 2.85. The molecular weight excluding hydrogens is 258 g/mol. The number of piperidine rings is 1. The molecule has 0 saturated carbocycles. The minimum Gasteiger partial charge on any atom is -0.347 e. The number of aromatic nitrogens is 1. The first-order valence-corrected chi connectivity index (χ1v) is 7.39. The van der Waals surface area contributed by atoms with Gasteiger partial charge in [-0.05, 0) is 45.1 Å². The van der Waals surface area contributed by atoms with E-state index in [4.69, 9.17) is 0 Å². The van der Waals surface area contributed by atoms with Gasteiger partial charge in [-0.2, -0.15) is 0 Å². The number of carbonyl (C=O) groups is 1. The number of likely N-dealkylation sites (tertiary alicyclic amines) is 1. The molecule has 3 rings (SSSR count). The molecule has 1 N–H and O–H groups in total. The van der Waals surface area contributed by atoms with Crippen LogP contribution >= 0.6 is 11.3 Å². The lowest BCUT2D eigenvalue weighted by molar-refractivity contribution is 0.0916. The van der Waals surface area contributed by atoms with Crippen molar-refractivity contribution >= 4 is 27.5 Å². The van der Waals surface area contributed by atoms with Crippen molar-refractivity contribution in [2.75, 3.05) is 20.1 Å². The molecule has 2 heterocycles. The summed E-state index contributed by atoms with van der Waals surface area (Å²) in [6, 6.07) is 8.15. The maximum atomic E-state index is 12.2. The second-order valence-electron chi connectivity index (χ2n) is 5.04. The Morgan fingerprint density at radius 2 is 2.11 bits per heavy atom. The van der Waals surface area contributed by atoms with Gasteiger partial charge in [-0.15, -0.1) is 11.3 Å². The Morgan fingerprint density at radius 1 is 1.37 bits per heavy atom. The lowest BCUT2D eigenvalue weighted by Gasteiger charge is -2.29. The maximum Gasteiger partial charge on any atom is 0.280 e. The highest BCUT2D eigenvalue weighted by Crippen LogP contribution is 2.21. The number of para-hydroxylation sites is 1. The van der Waals surface area contributed by atoms with Crippen LogP contribution < -0.4 is 5.32 Å². The third-order valence-corrected chi connectivity index (χ3v) is 4.58. The van der Waals surface area contributed by atoms with Gasteiger partial charge in [-0.25, -0.2) is 4.98 Å². The van der Waals surface area contributed by atoms with E-state index in [0.717, 1.165) is 36.1 Å². The highest BCUT2D eigenvalue weighted by molar-refractivity contribution is 7.20. The molecule has 0 spiro atoms. The van der Waals surface area contributed by atoms with E-state index in [1.54, 1.807) is 0 Å². The molecule has 2 aromatic rings. The fraction of sp³-hybridized carbons (Fsp3) is 0.429. The molecule has 1 aliphatic rings. The zero-order chi connectivity index (χ0) is 13.2. The Kier molecular flexibility index (Phi) is 3.48. The van der Waals surface area contributed by atoms with Crippen LogP contribution in [0.1, 0.15) is 22.6 Å². The molecule has 0 unspecified atom stereocenters. The molecule has 1 fully saturated rings. The Morgan fingerprint density at radius 3 is 2.84 bits per heavy atom. The quantitative estimate of drug-likeness (QED) is 0.913. The van der Waals surface area contributed by atoms with Crippen LogP contribution in [-0.4, -0.2) is 42.0 Å². The second kappa shape index (κ2) is 5.27. The van der Waals surface area contributed by atoms with E-state index in [2.05, 4.69) is 22.2 Å². The number of fused-ring (bicyclic) bond motifs is 1. The Labute approximate surface area is 116 Å². The van der Waals surface area contributed by atoms with Gasteiger partial charge in [0.05, 0.1) is 10.2 Å². The van der Waals surface area contributed by atoms with Crippen molar-refractivity contribution < 1.29 is 4.79 Å². The molecule has 0 atom stereocenters. The van der Waals surface area contributed by atoms with Crippen LogP contribution in [0.2, 0.25) is 0 Å². The van der Waals surface area contributed by atoms with E-state index >= 15 is 0 Å². The number of benzene rings is 1. The van der Waals surface area contributed by atoms with Gasteiger partial charge in [0.15, 0.2) is 5.01 Å². The minimum atomic E-state index is -0.0317. The normalized spacial score (nSPS) is 17.7. The predicted molar refractivity (Wildman–Crippen MR) is 77.6 cm³/mol. The zero-order valence-corrected chi connectivity index (χ0v) is 11.7. The number of carbonyl (C=O) groups excluding carboxylic acids is 1. The fourth-order valence-corrected chi connectivity index (χ4v) is 3.24. The molecule has 19 heavy (non-hydrogen) atoms. The van der Waals surface area contributed by atoms with Gasteiger partial charge in [-0.1, -0.05) is 12.1 Å². The van der Waals surface area contributed by atoms with Crippen LogP contribution in [-0.2, 0) is 0 Å². The number of hydrogen-bond donors (Lipinski definition) is 1. The van der Waals surface area contributed by atoms with Gasteiger partial charge in [0.2, 0.25) is 0 Å². The molecule has 0 radical (unpaired) electrons. The van der Waals surface area contributed by atoms with Crippen LogP contribution in [0, 0.1) is 0 Å². The van der Waals surface area contributed by atoms with Gasteiger partial charge in [-0.3, -0.25) is 4.79 Å². The SMILES string of the molecule is CN1CCC(NC(=O)c2nc3ccccc3s2)CC1. The van der Waals surface area contributed by atoms with Crippen molar-refractivity contribution in [1.82, 2.24) is 15.2 Å². The summed E-state index contributed by atoms with van der Waals surface area (Å²) in [7, 11) is 2.12. The summed E-state index contributed by atoms with van der Waals surface area (Å²) < 4.78 is 1.07. The predicted octanol–water partition coefficient (Wildman–Crippen LogP) is 2.12. The molecular formula is C14H17N3OS. The summed E-state index contributed by atoms with van der Waals surface area (Å²) in [6.07, 6.45) is 2.04. The summed E-state index contributed by atoms with van der Waals surface area (Å²) in [6.45, 7) is 2.09. The number of nitrogens with zero attached hydrogens (tertiary/aromatic N) is 2. The van der Waals surface area contributed by atoms with Gasteiger partial charge in [0, 0.05) is 6.04 Å².